The van der Waals surface area contributed by atoms with E-state index in [4.69, 9.17) is 15.5 Å². The van der Waals surface area contributed by atoms with Crippen LogP contribution >= 0.6 is 0 Å². The minimum absolute atomic E-state index is 0.251. The molecule has 1 aromatic carbocycles. The quantitative estimate of drug-likeness (QED) is 0.912. The van der Waals surface area contributed by atoms with E-state index in [0.29, 0.717) is 0 Å². The number of hydrogen-bond acceptors (Lipinski definition) is 3. The van der Waals surface area contributed by atoms with Gasteiger partial charge in [-0.15, -0.1) is 0 Å². The topological polar surface area (TPSA) is 53.1 Å². The summed E-state index contributed by atoms with van der Waals surface area (Å²) < 4.78 is 7.59. The van der Waals surface area contributed by atoms with E-state index >= 15 is 0 Å². The van der Waals surface area contributed by atoms with E-state index in [0.717, 1.165) is 47.8 Å². The van der Waals surface area contributed by atoms with Crippen molar-refractivity contribution in [2.45, 2.75) is 39.3 Å². The van der Waals surface area contributed by atoms with E-state index < -0.39 is 0 Å². The molecule has 0 saturated heterocycles. The third kappa shape index (κ3) is 2.10. The fourth-order valence-electron chi connectivity index (χ4n) is 2.96. The number of benzene rings is 1. The number of nitrogens with zero attached hydrogens (tertiary/aromatic N) is 2. The smallest absolute Gasteiger partial charge is 0.121 e. The zero-order chi connectivity index (χ0) is 14.3. The van der Waals surface area contributed by atoms with Gasteiger partial charge in [-0.3, -0.25) is 0 Å². The van der Waals surface area contributed by atoms with E-state index in [9.17, 15) is 0 Å². The monoisotopic (exact) mass is 271 g/mol. The van der Waals surface area contributed by atoms with E-state index in [2.05, 4.69) is 30.5 Å². The average molecular weight is 271 g/mol. The van der Waals surface area contributed by atoms with Crippen molar-refractivity contribution in [3.8, 4) is 17.0 Å². The van der Waals surface area contributed by atoms with Crippen LogP contribution in [0.2, 0.25) is 0 Å². The second-order valence-corrected chi connectivity index (χ2v) is 5.56. The Hall–Kier alpha value is -1.81. The maximum Gasteiger partial charge on any atom is 0.121 e. The molecule has 1 aromatic heterocycles. The molecule has 3 rings (SSSR count). The van der Waals surface area contributed by atoms with E-state index in [1.54, 1.807) is 7.11 Å². The molecule has 1 atom stereocenters. The molecule has 2 aromatic rings. The summed E-state index contributed by atoms with van der Waals surface area (Å²) in [7, 11) is 1.70. The van der Waals surface area contributed by atoms with E-state index in [1.807, 2.05) is 6.07 Å². The van der Waals surface area contributed by atoms with Gasteiger partial charge in [-0.1, -0.05) is 0 Å². The molecule has 2 N–H and O–H groups in total. The van der Waals surface area contributed by atoms with Crippen molar-refractivity contribution in [2.24, 2.45) is 5.73 Å². The predicted octanol–water partition coefficient (Wildman–Crippen LogP) is 2.45. The van der Waals surface area contributed by atoms with Gasteiger partial charge in [0.15, 0.2) is 0 Å². The lowest BCUT2D eigenvalue weighted by atomic mass is 10.1. The molecule has 4 heteroatoms. The number of nitrogens with two attached hydrogens (primary N) is 1. The van der Waals surface area contributed by atoms with Crippen LogP contribution < -0.4 is 10.5 Å². The highest BCUT2D eigenvalue weighted by Crippen LogP contribution is 2.30. The number of rotatable bonds is 2. The fraction of sp³-hybridized carbons (Fsp3) is 0.438. The summed E-state index contributed by atoms with van der Waals surface area (Å²) in [6.07, 6.45) is 1.99. The molecule has 106 valence electrons. The summed E-state index contributed by atoms with van der Waals surface area (Å²) in [5, 5.41) is 0. The van der Waals surface area contributed by atoms with Gasteiger partial charge in [-0.25, -0.2) is 4.98 Å². The van der Waals surface area contributed by atoms with Gasteiger partial charge in [0.2, 0.25) is 0 Å². The minimum Gasteiger partial charge on any atom is -0.496 e. The number of aromatic nitrogens is 2. The third-order valence-corrected chi connectivity index (χ3v) is 4.12. The molecule has 0 bridgehead atoms. The van der Waals surface area contributed by atoms with Gasteiger partial charge < -0.3 is 15.0 Å². The molecule has 0 radical (unpaired) electrons. The first-order chi connectivity index (χ1) is 9.60. The molecule has 0 spiro atoms. The minimum atomic E-state index is 0.251. The molecule has 1 unspecified atom stereocenters. The molecule has 0 amide bonds. The number of fused-ring (bicyclic) bond motifs is 1. The molecule has 1 aliphatic rings. The Morgan fingerprint density at radius 1 is 1.35 bits per heavy atom. The number of imidazole rings is 1. The Balaban J connectivity index is 2.05. The van der Waals surface area contributed by atoms with Crippen LogP contribution in [0, 0.1) is 13.8 Å². The first kappa shape index (κ1) is 13.2. The van der Waals surface area contributed by atoms with Crippen LogP contribution in [-0.4, -0.2) is 22.7 Å². The zero-order valence-electron chi connectivity index (χ0n) is 12.3. The molecule has 2 heterocycles. The van der Waals surface area contributed by atoms with Crippen LogP contribution in [0.5, 0.6) is 5.75 Å². The van der Waals surface area contributed by atoms with Gasteiger partial charge in [-0.2, -0.15) is 0 Å². The van der Waals surface area contributed by atoms with Crippen LogP contribution in [-0.2, 0) is 13.0 Å². The molecular formula is C16H21N3O. The molecule has 20 heavy (non-hydrogen) atoms. The van der Waals surface area contributed by atoms with Gasteiger partial charge in [0.05, 0.1) is 12.8 Å². The second-order valence-electron chi connectivity index (χ2n) is 5.56. The third-order valence-electron chi connectivity index (χ3n) is 4.12. The molecule has 4 nitrogen and oxygen atoms in total. The first-order valence-electron chi connectivity index (χ1n) is 7.06. The fourth-order valence-corrected chi connectivity index (χ4v) is 2.96. The van der Waals surface area contributed by atoms with Crippen molar-refractivity contribution in [3.05, 3.63) is 35.3 Å². The summed E-state index contributed by atoms with van der Waals surface area (Å²) in [4.78, 5) is 4.82. The molecular weight excluding hydrogens is 250 g/mol. The van der Waals surface area contributed by atoms with Gasteiger partial charge in [-0.05, 0) is 44.0 Å². The van der Waals surface area contributed by atoms with Gasteiger partial charge in [0.25, 0.3) is 0 Å². The SMILES string of the molecule is COc1ccc(-c2nc3n(c2C)CC(N)CC3)cc1C. The van der Waals surface area contributed by atoms with Gasteiger partial charge in [0, 0.05) is 30.3 Å². The maximum atomic E-state index is 6.06. The number of methoxy groups -OCH3 is 1. The summed E-state index contributed by atoms with van der Waals surface area (Å²) in [5.74, 6) is 2.07. The van der Waals surface area contributed by atoms with Crippen LogP contribution in [0.25, 0.3) is 11.3 Å². The van der Waals surface area contributed by atoms with Crippen LogP contribution in [0.15, 0.2) is 18.2 Å². The van der Waals surface area contributed by atoms with Gasteiger partial charge in [0.1, 0.15) is 11.6 Å². The van der Waals surface area contributed by atoms with Crippen molar-refractivity contribution in [1.82, 2.24) is 9.55 Å². The van der Waals surface area contributed by atoms with Crippen LogP contribution in [0.3, 0.4) is 0 Å². The Morgan fingerprint density at radius 3 is 2.85 bits per heavy atom. The number of aryl methyl sites for hydroxylation is 2. The Kier molecular flexibility index (Phi) is 3.26. The Bertz CT molecular complexity index is 645. The zero-order valence-corrected chi connectivity index (χ0v) is 12.3. The van der Waals surface area contributed by atoms with Crippen molar-refractivity contribution in [2.75, 3.05) is 7.11 Å². The highest BCUT2D eigenvalue weighted by Gasteiger charge is 2.21. The highest BCUT2D eigenvalue weighted by molar-refractivity contribution is 5.64. The maximum absolute atomic E-state index is 6.06. The number of hydrogen-bond donors (Lipinski definition) is 1. The summed E-state index contributed by atoms with van der Waals surface area (Å²) in [5.41, 5.74) is 10.6. The average Bonchev–Trinajstić information content (AvgIpc) is 2.76. The number of ether oxygens (including phenoxy) is 1. The van der Waals surface area contributed by atoms with Crippen molar-refractivity contribution in [3.63, 3.8) is 0 Å². The Labute approximate surface area is 119 Å². The largest absolute Gasteiger partial charge is 0.496 e. The standard InChI is InChI=1S/C16H21N3O/c1-10-8-12(4-6-14(10)20-3)16-11(2)19-9-13(17)5-7-15(19)18-16/h4,6,8,13H,5,7,9,17H2,1-3H3. The lowest BCUT2D eigenvalue weighted by molar-refractivity contribution is 0.412. The lowest BCUT2D eigenvalue weighted by Gasteiger charge is -2.21. The van der Waals surface area contributed by atoms with E-state index in [1.165, 1.54) is 5.69 Å². The van der Waals surface area contributed by atoms with Crippen molar-refractivity contribution >= 4 is 0 Å². The highest BCUT2D eigenvalue weighted by atomic mass is 16.5. The van der Waals surface area contributed by atoms with Crippen molar-refractivity contribution < 1.29 is 4.74 Å². The van der Waals surface area contributed by atoms with Crippen LogP contribution in [0.4, 0.5) is 0 Å². The molecule has 0 saturated carbocycles. The lowest BCUT2D eigenvalue weighted by Crippen LogP contribution is -2.32. The van der Waals surface area contributed by atoms with Gasteiger partial charge >= 0.3 is 0 Å². The summed E-state index contributed by atoms with van der Waals surface area (Å²) >= 11 is 0. The summed E-state index contributed by atoms with van der Waals surface area (Å²) in [6, 6.07) is 6.47. The first-order valence-corrected chi connectivity index (χ1v) is 7.06. The predicted molar refractivity (Wildman–Crippen MR) is 80.0 cm³/mol. The summed E-state index contributed by atoms with van der Waals surface area (Å²) in [6.45, 7) is 5.07. The Morgan fingerprint density at radius 2 is 2.15 bits per heavy atom. The molecule has 0 aliphatic carbocycles. The van der Waals surface area contributed by atoms with E-state index in [-0.39, 0.29) is 6.04 Å². The molecule has 1 aliphatic heterocycles. The normalized spacial score (nSPS) is 17.9. The molecule has 0 fully saturated rings. The van der Waals surface area contributed by atoms with Crippen LogP contribution in [0.1, 0.15) is 23.5 Å². The van der Waals surface area contributed by atoms with Crippen molar-refractivity contribution in [1.29, 1.82) is 0 Å². The second kappa shape index (κ2) is 4.94.